The third kappa shape index (κ3) is 3.96. The van der Waals surface area contributed by atoms with Gasteiger partial charge in [-0.3, -0.25) is 9.59 Å². The second-order valence-electron chi connectivity index (χ2n) is 3.39. The zero-order valence-electron chi connectivity index (χ0n) is 9.82. The van der Waals surface area contributed by atoms with Crippen molar-refractivity contribution in [2.75, 3.05) is 7.11 Å². The van der Waals surface area contributed by atoms with Crippen molar-refractivity contribution in [3.8, 4) is 5.75 Å². The number of carbonyl (C=O) groups is 1. The Bertz CT molecular complexity index is 594. The summed E-state index contributed by atoms with van der Waals surface area (Å²) in [4.78, 5) is 33.7. The highest BCUT2D eigenvalue weighted by molar-refractivity contribution is 5.72. The fraction of sp³-hybridized carbons (Fsp3) is 0.333. The van der Waals surface area contributed by atoms with Crippen molar-refractivity contribution >= 4 is 11.8 Å². The lowest BCUT2D eigenvalue weighted by molar-refractivity contribution is -0.393. The van der Waals surface area contributed by atoms with E-state index in [1.54, 1.807) is 0 Å². The first-order valence-corrected chi connectivity index (χ1v) is 4.87. The number of hydrogen-bond acceptors (Lipinski definition) is 6. The number of nitrogens with zero attached hydrogens (tertiary/aromatic N) is 1. The van der Waals surface area contributed by atoms with E-state index in [0.717, 1.165) is 7.11 Å². The first kappa shape index (κ1) is 15.5. The Hall–Kier alpha value is -2.59. The minimum Gasteiger partial charge on any atom is -0.469 e. The van der Waals surface area contributed by atoms with Gasteiger partial charge in [0.15, 0.2) is 0 Å². The minimum absolute atomic E-state index is 0.275. The highest BCUT2D eigenvalue weighted by Crippen LogP contribution is 2.27. The van der Waals surface area contributed by atoms with Crippen LogP contribution in [0.1, 0.15) is 5.69 Å². The molecule has 1 aromatic heterocycles. The number of hydrogen-bond donors (Lipinski definition) is 1. The van der Waals surface area contributed by atoms with E-state index in [2.05, 4.69) is 9.47 Å². The monoisotopic (exact) mass is 296 g/mol. The van der Waals surface area contributed by atoms with Crippen LogP contribution < -0.4 is 10.2 Å². The van der Waals surface area contributed by atoms with Crippen molar-refractivity contribution in [1.82, 2.24) is 4.98 Å². The van der Waals surface area contributed by atoms with Gasteiger partial charge < -0.3 is 19.6 Å². The van der Waals surface area contributed by atoms with Gasteiger partial charge in [0.05, 0.1) is 7.11 Å². The molecule has 1 aromatic rings. The van der Waals surface area contributed by atoms with Gasteiger partial charge in [-0.05, 0) is 4.92 Å². The van der Waals surface area contributed by atoms with Crippen molar-refractivity contribution in [3.63, 3.8) is 0 Å². The Labute approximate surface area is 108 Å². The summed E-state index contributed by atoms with van der Waals surface area (Å²) in [6.45, 7) is 0. The maximum atomic E-state index is 12.1. The highest BCUT2D eigenvalue weighted by Gasteiger charge is 2.36. The molecule has 0 aliphatic heterocycles. The molecule has 1 heterocycles. The van der Waals surface area contributed by atoms with Crippen molar-refractivity contribution in [2.24, 2.45) is 0 Å². The van der Waals surface area contributed by atoms with Crippen LogP contribution in [0.2, 0.25) is 0 Å². The van der Waals surface area contributed by atoms with Gasteiger partial charge in [-0.2, -0.15) is 0 Å². The van der Waals surface area contributed by atoms with Crippen LogP contribution in [0.15, 0.2) is 10.9 Å². The summed E-state index contributed by atoms with van der Waals surface area (Å²) in [7, 11) is 1.04. The number of aromatic amines is 1. The zero-order chi connectivity index (χ0) is 15.5. The van der Waals surface area contributed by atoms with Crippen LogP contribution in [0, 0.1) is 10.1 Å². The van der Waals surface area contributed by atoms with E-state index in [4.69, 9.17) is 0 Å². The van der Waals surface area contributed by atoms with Gasteiger partial charge in [0.1, 0.15) is 12.1 Å². The molecule has 110 valence electrons. The van der Waals surface area contributed by atoms with Gasteiger partial charge in [-0.25, -0.2) is 4.98 Å². The van der Waals surface area contributed by atoms with E-state index in [9.17, 15) is 32.9 Å². The summed E-state index contributed by atoms with van der Waals surface area (Å²) >= 11 is 0. The number of pyridine rings is 1. The molecule has 0 radical (unpaired) electrons. The zero-order valence-corrected chi connectivity index (χ0v) is 9.82. The van der Waals surface area contributed by atoms with Crippen LogP contribution in [0.5, 0.6) is 5.75 Å². The summed E-state index contributed by atoms with van der Waals surface area (Å²) < 4.78 is 43.7. The van der Waals surface area contributed by atoms with E-state index >= 15 is 0 Å². The molecule has 0 aliphatic rings. The van der Waals surface area contributed by atoms with Crippen LogP contribution in [0.3, 0.4) is 0 Å². The molecule has 0 amide bonds. The molecule has 1 rings (SSSR count). The molecular weight excluding hydrogens is 289 g/mol. The van der Waals surface area contributed by atoms with Gasteiger partial charge in [-0.1, -0.05) is 0 Å². The second-order valence-corrected chi connectivity index (χ2v) is 3.39. The van der Waals surface area contributed by atoms with Crippen molar-refractivity contribution < 1.29 is 32.4 Å². The Morgan fingerprint density at radius 2 is 2.10 bits per heavy atom. The van der Waals surface area contributed by atoms with Crippen LogP contribution in [0.4, 0.5) is 19.0 Å². The van der Waals surface area contributed by atoms with E-state index in [1.807, 2.05) is 4.98 Å². The van der Waals surface area contributed by atoms with E-state index in [0.29, 0.717) is 6.07 Å². The fourth-order valence-corrected chi connectivity index (χ4v) is 1.25. The van der Waals surface area contributed by atoms with E-state index in [-0.39, 0.29) is 5.69 Å². The summed E-state index contributed by atoms with van der Waals surface area (Å²) in [5.41, 5.74) is -1.66. The van der Waals surface area contributed by atoms with Gasteiger partial charge in [0.25, 0.3) is 5.75 Å². The lowest BCUT2D eigenvalue weighted by Gasteiger charge is -2.09. The Morgan fingerprint density at radius 1 is 1.50 bits per heavy atom. The summed E-state index contributed by atoms with van der Waals surface area (Å²) in [5.74, 6) is -3.63. The molecule has 0 aliphatic carbocycles. The first-order chi connectivity index (χ1) is 9.14. The van der Waals surface area contributed by atoms with E-state index in [1.165, 1.54) is 0 Å². The number of alkyl halides is 3. The van der Waals surface area contributed by atoms with Crippen molar-refractivity contribution in [1.29, 1.82) is 0 Å². The molecular formula is C9H7F3N2O6. The lowest BCUT2D eigenvalue weighted by Crippen LogP contribution is -2.24. The number of H-pyrrole nitrogens is 1. The summed E-state index contributed by atoms with van der Waals surface area (Å²) in [5, 5.41) is 10.6. The molecule has 0 saturated heterocycles. The Balaban J connectivity index is 3.30. The topological polar surface area (TPSA) is 112 Å². The van der Waals surface area contributed by atoms with Crippen LogP contribution in [0.25, 0.3) is 0 Å². The summed E-state index contributed by atoms with van der Waals surface area (Å²) in [6, 6.07) is 0.588. The molecule has 0 fully saturated rings. The molecule has 0 unspecified atom stereocenters. The number of nitrogens with one attached hydrogen (secondary N) is 1. The average molecular weight is 296 g/mol. The number of esters is 1. The molecule has 0 atom stereocenters. The minimum atomic E-state index is -5.26. The predicted molar refractivity (Wildman–Crippen MR) is 56.1 cm³/mol. The van der Waals surface area contributed by atoms with Gasteiger partial charge >= 0.3 is 18.1 Å². The standard InChI is InChI=1S/C9H7F3N2O6/c1-19-6(16)3-4-2-5(15)7(20-9(10,11)12)8(13-4)14(17)18/h2H,3H2,1H3,(H,13,15). The molecule has 1 N–H and O–H groups in total. The smallest absolute Gasteiger partial charge is 0.469 e. The summed E-state index contributed by atoms with van der Waals surface area (Å²) in [6.07, 6.45) is -5.81. The molecule has 0 spiro atoms. The number of halogens is 3. The van der Waals surface area contributed by atoms with Crippen LogP contribution in [-0.4, -0.2) is 29.3 Å². The molecule has 20 heavy (non-hydrogen) atoms. The van der Waals surface area contributed by atoms with Gasteiger partial charge in [0, 0.05) is 6.07 Å². The van der Waals surface area contributed by atoms with Crippen LogP contribution >= 0.6 is 0 Å². The first-order valence-electron chi connectivity index (χ1n) is 4.87. The van der Waals surface area contributed by atoms with Crippen LogP contribution in [-0.2, 0) is 16.0 Å². The van der Waals surface area contributed by atoms with Crippen molar-refractivity contribution in [3.05, 3.63) is 32.1 Å². The third-order valence-electron chi connectivity index (χ3n) is 1.99. The average Bonchev–Trinajstić information content (AvgIpc) is 2.30. The van der Waals surface area contributed by atoms with Gasteiger partial charge in [-0.15, -0.1) is 13.2 Å². The number of nitro groups is 1. The second kappa shape index (κ2) is 5.59. The fourth-order valence-electron chi connectivity index (χ4n) is 1.25. The predicted octanol–water partition coefficient (Wildman–Crippen LogP) is 0.897. The third-order valence-corrected chi connectivity index (χ3v) is 1.99. The Kier molecular flexibility index (Phi) is 4.32. The molecule has 0 aromatic carbocycles. The Morgan fingerprint density at radius 3 is 2.55 bits per heavy atom. The number of rotatable bonds is 4. The quantitative estimate of drug-likeness (QED) is 0.502. The highest BCUT2D eigenvalue weighted by atomic mass is 19.4. The number of aromatic nitrogens is 1. The van der Waals surface area contributed by atoms with Crippen molar-refractivity contribution in [2.45, 2.75) is 12.8 Å². The van der Waals surface area contributed by atoms with Gasteiger partial charge in [0.2, 0.25) is 5.43 Å². The largest absolute Gasteiger partial charge is 0.573 e. The molecule has 11 heteroatoms. The number of ether oxygens (including phenoxy) is 2. The number of carbonyl (C=O) groups excluding carboxylic acids is 1. The normalized spacial score (nSPS) is 11.0. The number of methoxy groups -OCH3 is 1. The maximum Gasteiger partial charge on any atom is 0.573 e. The maximum absolute atomic E-state index is 12.1. The van der Waals surface area contributed by atoms with E-state index < -0.39 is 40.7 Å². The SMILES string of the molecule is COC(=O)Cc1cc(=O)c(OC(F)(F)F)c([N+](=O)[O-])[nH]1. The molecule has 0 saturated carbocycles. The molecule has 8 nitrogen and oxygen atoms in total. The lowest BCUT2D eigenvalue weighted by atomic mass is 10.2. The molecule has 0 bridgehead atoms.